The Labute approximate surface area is 208 Å². The molecule has 1 fully saturated rings. The van der Waals surface area contributed by atoms with Gasteiger partial charge in [-0.25, -0.2) is 0 Å². The van der Waals surface area contributed by atoms with Crippen LogP contribution in [0.1, 0.15) is 72.8 Å². The van der Waals surface area contributed by atoms with Crippen LogP contribution in [-0.4, -0.2) is 29.1 Å². The highest BCUT2D eigenvalue weighted by molar-refractivity contribution is 6.03. The van der Waals surface area contributed by atoms with Gasteiger partial charge in [0.25, 0.3) is 5.91 Å². The number of fused-ring (bicyclic) bond motifs is 1. The van der Waals surface area contributed by atoms with E-state index >= 15 is 0 Å². The summed E-state index contributed by atoms with van der Waals surface area (Å²) in [6.07, 6.45) is 2.29. The van der Waals surface area contributed by atoms with Crippen LogP contribution in [0.25, 0.3) is 10.9 Å². The summed E-state index contributed by atoms with van der Waals surface area (Å²) < 4.78 is 2.31. The van der Waals surface area contributed by atoms with Crippen LogP contribution < -0.4 is 10.6 Å². The minimum atomic E-state index is -0.0554. The summed E-state index contributed by atoms with van der Waals surface area (Å²) in [5.41, 5.74) is 5.35. The molecular weight excluding hydrogens is 430 g/mol. The molecule has 2 unspecified atom stereocenters. The maximum Gasteiger partial charge on any atom is 0.268 e. The SMILES string of the molecule is CC(C)NC(=O)c1c(C(c2ccccc2)c2ccccc2)c2ccccc2n1C(C)C1CCCN1. The number of benzene rings is 3. The summed E-state index contributed by atoms with van der Waals surface area (Å²) in [6.45, 7) is 7.34. The van der Waals surface area contributed by atoms with E-state index in [0.717, 1.165) is 35.1 Å². The Bertz CT molecular complexity index is 1250. The fraction of sp³-hybridized carbons (Fsp3) is 0.323. The maximum absolute atomic E-state index is 14.0. The summed E-state index contributed by atoms with van der Waals surface area (Å²) in [7, 11) is 0. The van der Waals surface area contributed by atoms with E-state index in [1.807, 2.05) is 13.8 Å². The van der Waals surface area contributed by atoms with Gasteiger partial charge in [0.05, 0.1) is 0 Å². The number of nitrogens with zero attached hydrogens (tertiary/aromatic N) is 1. The van der Waals surface area contributed by atoms with Gasteiger partial charge in [0, 0.05) is 40.5 Å². The molecular formula is C31H35N3O. The third-order valence-corrected chi connectivity index (χ3v) is 7.23. The van der Waals surface area contributed by atoms with Gasteiger partial charge in [-0.2, -0.15) is 0 Å². The third-order valence-electron chi connectivity index (χ3n) is 7.23. The number of hydrogen-bond donors (Lipinski definition) is 2. The van der Waals surface area contributed by atoms with E-state index in [1.165, 1.54) is 17.5 Å². The molecule has 3 aromatic carbocycles. The van der Waals surface area contributed by atoms with Crippen LogP contribution in [0.4, 0.5) is 0 Å². The highest BCUT2D eigenvalue weighted by Crippen LogP contribution is 2.42. The zero-order chi connectivity index (χ0) is 24.4. The van der Waals surface area contributed by atoms with Crippen molar-refractivity contribution in [1.82, 2.24) is 15.2 Å². The number of hydrogen-bond acceptors (Lipinski definition) is 2. The fourth-order valence-corrected chi connectivity index (χ4v) is 5.69. The van der Waals surface area contributed by atoms with Crippen molar-refractivity contribution in [2.24, 2.45) is 0 Å². The summed E-state index contributed by atoms with van der Waals surface area (Å²) in [5.74, 6) is -0.0619. The fourth-order valence-electron chi connectivity index (χ4n) is 5.69. The lowest BCUT2D eigenvalue weighted by atomic mass is 9.83. The molecule has 4 heteroatoms. The standard InChI is InChI=1S/C31H35N3O/c1-21(2)33-31(35)30-29(28(23-13-6-4-7-14-23)24-15-8-5-9-16-24)25-17-10-11-19-27(25)34(30)22(3)26-18-12-20-32-26/h4-11,13-17,19,21-22,26,28,32H,12,18,20H2,1-3H3,(H,33,35). The van der Waals surface area contributed by atoms with Gasteiger partial charge in [0.15, 0.2) is 0 Å². The molecule has 4 nitrogen and oxygen atoms in total. The van der Waals surface area contributed by atoms with E-state index in [1.54, 1.807) is 0 Å². The number of nitrogens with one attached hydrogen (secondary N) is 2. The summed E-state index contributed by atoms with van der Waals surface area (Å²) in [5, 5.41) is 8.04. The molecule has 2 atom stereocenters. The minimum absolute atomic E-state index is 0.00657. The third kappa shape index (κ3) is 4.51. The van der Waals surface area contributed by atoms with Gasteiger partial charge >= 0.3 is 0 Å². The Kier molecular flexibility index (Phi) is 6.74. The predicted octanol–water partition coefficient (Wildman–Crippen LogP) is 6.27. The molecule has 2 heterocycles. The van der Waals surface area contributed by atoms with E-state index in [4.69, 9.17) is 0 Å². The molecule has 0 bridgehead atoms. The number of rotatable bonds is 7. The van der Waals surface area contributed by atoms with Crippen molar-refractivity contribution in [3.63, 3.8) is 0 Å². The van der Waals surface area contributed by atoms with Gasteiger partial charge in [-0.1, -0.05) is 78.9 Å². The van der Waals surface area contributed by atoms with Crippen LogP contribution in [0.3, 0.4) is 0 Å². The van der Waals surface area contributed by atoms with E-state index in [-0.39, 0.29) is 23.9 Å². The summed E-state index contributed by atoms with van der Waals surface area (Å²) in [6, 6.07) is 30.2. The number of carbonyl (C=O) groups excluding carboxylic acids is 1. The van der Waals surface area contributed by atoms with Crippen LogP contribution in [0, 0.1) is 0 Å². The van der Waals surface area contributed by atoms with Gasteiger partial charge in [0.1, 0.15) is 5.69 Å². The first-order valence-corrected chi connectivity index (χ1v) is 12.8. The van der Waals surface area contributed by atoms with E-state index < -0.39 is 0 Å². The van der Waals surface area contributed by atoms with Crippen molar-refractivity contribution >= 4 is 16.8 Å². The van der Waals surface area contributed by atoms with Crippen LogP contribution >= 0.6 is 0 Å². The normalized spacial score (nSPS) is 16.8. The lowest BCUT2D eigenvalue weighted by Crippen LogP contribution is -2.36. The molecule has 1 aromatic heterocycles. The lowest BCUT2D eigenvalue weighted by molar-refractivity contribution is 0.0930. The number of amides is 1. The highest BCUT2D eigenvalue weighted by Gasteiger charge is 2.34. The molecule has 180 valence electrons. The van der Waals surface area contributed by atoms with E-state index in [0.29, 0.717) is 6.04 Å². The maximum atomic E-state index is 14.0. The van der Waals surface area contributed by atoms with Crippen molar-refractivity contribution in [3.05, 3.63) is 107 Å². The van der Waals surface area contributed by atoms with E-state index in [2.05, 4.69) is 107 Å². The molecule has 1 amide bonds. The Morgan fingerprint density at radius 2 is 1.49 bits per heavy atom. The molecule has 1 aliphatic rings. The molecule has 0 spiro atoms. The molecule has 2 N–H and O–H groups in total. The average molecular weight is 466 g/mol. The average Bonchev–Trinajstić information content (AvgIpc) is 3.52. The Morgan fingerprint density at radius 3 is 2.06 bits per heavy atom. The second-order valence-electron chi connectivity index (χ2n) is 9.98. The second-order valence-corrected chi connectivity index (χ2v) is 9.98. The second kappa shape index (κ2) is 10.1. The van der Waals surface area contributed by atoms with Crippen LogP contribution in [0.5, 0.6) is 0 Å². The van der Waals surface area contributed by atoms with Gasteiger partial charge < -0.3 is 15.2 Å². The van der Waals surface area contributed by atoms with Gasteiger partial charge in [0.2, 0.25) is 0 Å². The smallest absolute Gasteiger partial charge is 0.268 e. The zero-order valence-corrected chi connectivity index (χ0v) is 20.9. The van der Waals surface area contributed by atoms with Crippen LogP contribution in [0.2, 0.25) is 0 Å². The molecule has 0 aliphatic carbocycles. The number of aromatic nitrogens is 1. The Hall–Kier alpha value is -3.37. The molecule has 1 aliphatic heterocycles. The van der Waals surface area contributed by atoms with Crippen molar-refractivity contribution in [2.45, 2.75) is 57.7 Å². The number of para-hydroxylation sites is 1. The quantitative estimate of drug-likeness (QED) is 0.338. The molecule has 5 rings (SSSR count). The van der Waals surface area contributed by atoms with Crippen LogP contribution in [-0.2, 0) is 0 Å². The van der Waals surface area contributed by atoms with E-state index in [9.17, 15) is 4.79 Å². The Morgan fingerprint density at radius 1 is 0.886 bits per heavy atom. The van der Waals surface area contributed by atoms with Crippen molar-refractivity contribution in [1.29, 1.82) is 0 Å². The molecule has 1 saturated heterocycles. The topological polar surface area (TPSA) is 46.1 Å². The van der Waals surface area contributed by atoms with Crippen molar-refractivity contribution in [2.75, 3.05) is 6.54 Å². The first kappa shape index (κ1) is 23.4. The number of carbonyl (C=O) groups is 1. The van der Waals surface area contributed by atoms with Crippen LogP contribution in [0.15, 0.2) is 84.9 Å². The zero-order valence-electron chi connectivity index (χ0n) is 20.9. The summed E-state index contributed by atoms with van der Waals surface area (Å²) >= 11 is 0. The van der Waals surface area contributed by atoms with Gasteiger partial charge in [-0.15, -0.1) is 0 Å². The molecule has 0 saturated carbocycles. The highest BCUT2D eigenvalue weighted by atomic mass is 16.2. The first-order valence-electron chi connectivity index (χ1n) is 12.8. The van der Waals surface area contributed by atoms with Gasteiger partial charge in [-0.05, 0) is 57.4 Å². The summed E-state index contributed by atoms with van der Waals surface area (Å²) in [4.78, 5) is 14.0. The molecule has 35 heavy (non-hydrogen) atoms. The monoisotopic (exact) mass is 465 g/mol. The lowest BCUT2D eigenvalue weighted by Gasteiger charge is -2.26. The predicted molar refractivity (Wildman–Crippen MR) is 144 cm³/mol. The van der Waals surface area contributed by atoms with Crippen molar-refractivity contribution in [3.8, 4) is 0 Å². The Balaban J connectivity index is 1.83. The minimum Gasteiger partial charge on any atom is -0.349 e. The molecule has 0 radical (unpaired) electrons. The largest absolute Gasteiger partial charge is 0.349 e. The van der Waals surface area contributed by atoms with Gasteiger partial charge in [-0.3, -0.25) is 4.79 Å². The molecule has 4 aromatic rings. The van der Waals surface area contributed by atoms with Crippen molar-refractivity contribution < 1.29 is 4.79 Å². The first-order chi connectivity index (χ1) is 17.1.